The molecule has 2 nitrogen and oxygen atoms in total. The number of aliphatic hydroxyl groups is 1. The summed E-state index contributed by atoms with van der Waals surface area (Å²) in [5.74, 6) is 0.446. The van der Waals surface area contributed by atoms with E-state index in [-0.39, 0.29) is 0 Å². The summed E-state index contributed by atoms with van der Waals surface area (Å²) in [6, 6.07) is 0. The van der Waals surface area contributed by atoms with Gasteiger partial charge in [0.1, 0.15) is 0 Å². The van der Waals surface area contributed by atoms with E-state index in [1.807, 2.05) is 6.92 Å². The lowest BCUT2D eigenvalue weighted by Gasteiger charge is -2.36. The Labute approximate surface area is 62.6 Å². The fraction of sp³-hybridized carbons (Fsp3) is 1.00. The van der Waals surface area contributed by atoms with Gasteiger partial charge in [-0.3, -0.25) is 0 Å². The number of piperidine rings is 1. The van der Waals surface area contributed by atoms with Crippen LogP contribution in [0.1, 0.15) is 26.7 Å². The summed E-state index contributed by atoms with van der Waals surface area (Å²) in [5, 5.41) is 13.1. The number of hydrogen-bond acceptors (Lipinski definition) is 2. The predicted octanol–water partition coefficient (Wildman–Crippen LogP) is 0.757. The summed E-state index contributed by atoms with van der Waals surface area (Å²) in [4.78, 5) is 0. The normalized spacial score (nSPS) is 41.7. The van der Waals surface area contributed by atoms with Crippen molar-refractivity contribution < 1.29 is 5.11 Å². The molecule has 0 spiro atoms. The van der Waals surface area contributed by atoms with Crippen LogP contribution in [0.4, 0.5) is 0 Å². The zero-order valence-corrected chi connectivity index (χ0v) is 6.85. The van der Waals surface area contributed by atoms with Gasteiger partial charge in [0.05, 0.1) is 5.60 Å². The highest BCUT2D eigenvalue weighted by Gasteiger charge is 2.32. The predicted molar refractivity (Wildman–Crippen MR) is 41.9 cm³/mol. The molecule has 0 saturated carbocycles. The average molecular weight is 143 g/mol. The lowest BCUT2D eigenvalue weighted by Crippen LogP contribution is -2.47. The van der Waals surface area contributed by atoms with Gasteiger partial charge in [-0.2, -0.15) is 0 Å². The van der Waals surface area contributed by atoms with E-state index in [9.17, 15) is 5.11 Å². The SMILES string of the molecule is CCC1CNCCC1(C)O. The Balaban J connectivity index is 2.51. The van der Waals surface area contributed by atoms with Gasteiger partial charge in [-0.1, -0.05) is 6.92 Å². The summed E-state index contributed by atoms with van der Waals surface area (Å²) in [5.41, 5.74) is -0.417. The molecule has 1 aliphatic heterocycles. The monoisotopic (exact) mass is 143 g/mol. The highest BCUT2D eigenvalue weighted by molar-refractivity contribution is 4.87. The summed E-state index contributed by atoms with van der Waals surface area (Å²) in [7, 11) is 0. The van der Waals surface area contributed by atoms with Crippen LogP contribution < -0.4 is 5.32 Å². The molecule has 0 aromatic rings. The van der Waals surface area contributed by atoms with Gasteiger partial charge in [0.2, 0.25) is 0 Å². The molecule has 1 aliphatic rings. The fourth-order valence-electron chi connectivity index (χ4n) is 1.63. The molecule has 1 heterocycles. The molecule has 1 rings (SSSR count). The largest absolute Gasteiger partial charge is 0.390 e. The second kappa shape index (κ2) is 2.89. The molecule has 0 amide bonds. The van der Waals surface area contributed by atoms with Crippen LogP contribution in [0.3, 0.4) is 0 Å². The molecule has 0 aromatic heterocycles. The Morgan fingerprint density at radius 3 is 2.80 bits per heavy atom. The Morgan fingerprint density at radius 1 is 1.70 bits per heavy atom. The zero-order valence-electron chi connectivity index (χ0n) is 6.85. The van der Waals surface area contributed by atoms with Crippen LogP contribution >= 0.6 is 0 Å². The molecule has 0 aromatic carbocycles. The quantitative estimate of drug-likeness (QED) is 0.568. The maximum Gasteiger partial charge on any atom is 0.0671 e. The topological polar surface area (TPSA) is 32.3 Å². The second-order valence-corrected chi connectivity index (χ2v) is 3.42. The van der Waals surface area contributed by atoms with Crippen molar-refractivity contribution in [1.29, 1.82) is 0 Å². The molecular weight excluding hydrogens is 126 g/mol. The maximum atomic E-state index is 9.79. The van der Waals surface area contributed by atoms with Crippen LogP contribution in [0.15, 0.2) is 0 Å². The minimum atomic E-state index is -0.417. The first-order valence-corrected chi connectivity index (χ1v) is 4.10. The van der Waals surface area contributed by atoms with Crippen LogP contribution in [0.25, 0.3) is 0 Å². The number of hydrogen-bond donors (Lipinski definition) is 2. The first kappa shape index (κ1) is 8.02. The van der Waals surface area contributed by atoms with E-state index in [1.165, 1.54) is 0 Å². The summed E-state index contributed by atoms with van der Waals surface area (Å²) >= 11 is 0. The van der Waals surface area contributed by atoms with Crippen molar-refractivity contribution in [1.82, 2.24) is 5.32 Å². The number of rotatable bonds is 1. The van der Waals surface area contributed by atoms with Crippen LogP contribution in [0.5, 0.6) is 0 Å². The summed E-state index contributed by atoms with van der Waals surface area (Å²) in [6.45, 7) is 6.02. The minimum absolute atomic E-state index is 0.417. The highest BCUT2D eigenvalue weighted by Crippen LogP contribution is 2.25. The molecule has 0 radical (unpaired) electrons. The van der Waals surface area contributed by atoms with Crippen molar-refractivity contribution in [2.24, 2.45) is 5.92 Å². The molecule has 1 saturated heterocycles. The van der Waals surface area contributed by atoms with E-state index in [4.69, 9.17) is 0 Å². The molecule has 0 aliphatic carbocycles. The molecule has 2 heteroatoms. The average Bonchev–Trinajstić information content (AvgIpc) is 1.87. The third kappa shape index (κ3) is 1.50. The summed E-state index contributed by atoms with van der Waals surface area (Å²) < 4.78 is 0. The van der Waals surface area contributed by atoms with Crippen LogP contribution in [0.2, 0.25) is 0 Å². The van der Waals surface area contributed by atoms with Gasteiger partial charge in [0, 0.05) is 6.54 Å². The molecule has 0 bridgehead atoms. The van der Waals surface area contributed by atoms with E-state index in [1.54, 1.807) is 0 Å². The van der Waals surface area contributed by atoms with E-state index in [0.29, 0.717) is 5.92 Å². The van der Waals surface area contributed by atoms with Gasteiger partial charge < -0.3 is 10.4 Å². The molecule has 10 heavy (non-hydrogen) atoms. The van der Waals surface area contributed by atoms with Crippen LogP contribution in [-0.4, -0.2) is 23.8 Å². The van der Waals surface area contributed by atoms with Gasteiger partial charge in [-0.05, 0) is 32.2 Å². The van der Waals surface area contributed by atoms with E-state index >= 15 is 0 Å². The zero-order chi connectivity index (χ0) is 7.61. The Morgan fingerprint density at radius 2 is 2.40 bits per heavy atom. The molecule has 60 valence electrons. The van der Waals surface area contributed by atoms with Crippen molar-refractivity contribution in [3.63, 3.8) is 0 Å². The lowest BCUT2D eigenvalue weighted by atomic mass is 9.82. The van der Waals surface area contributed by atoms with Gasteiger partial charge in [-0.25, -0.2) is 0 Å². The maximum absolute atomic E-state index is 9.79. The standard InChI is InChI=1S/C8H17NO/c1-3-7-6-9-5-4-8(7,2)10/h7,9-10H,3-6H2,1-2H3. The molecule has 2 atom stereocenters. The molecule has 2 N–H and O–H groups in total. The second-order valence-electron chi connectivity index (χ2n) is 3.42. The minimum Gasteiger partial charge on any atom is -0.390 e. The third-order valence-corrected chi connectivity index (χ3v) is 2.57. The van der Waals surface area contributed by atoms with E-state index in [0.717, 1.165) is 25.9 Å². The van der Waals surface area contributed by atoms with Gasteiger partial charge >= 0.3 is 0 Å². The molecule has 2 unspecified atom stereocenters. The van der Waals surface area contributed by atoms with Crippen LogP contribution in [0, 0.1) is 5.92 Å². The fourth-order valence-corrected chi connectivity index (χ4v) is 1.63. The van der Waals surface area contributed by atoms with Crippen molar-refractivity contribution >= 4 is 0 Å². The highest BCUT2D eigenvalue weighted by atomic mass is 16.3. The lowest BCUT2D eigenvalue weighted by molar-refractivity contribution is -0.0249. The Kier molecular flexibility index (Phi) is 2.32. The van der Waals surface area contributed by atoms with Crippen LogP contribution in [-0.2, 0) is 0 Å². The van der Waals surface area contributed by atoms with Gasteiger partial charge in [0.15, 0.2) is 0 Å². The van der Waals surface area contributed by atoms with E-state index < -0.39 is 5.60 Å². The van der Waals surface area contributed by atoms with Crippen molar-refractivity contribution in [2.75, 3.05) is 13.1 Å². The van der Waals surface area contributed by atoms with Crippen molar-refractivity contribution in [2.45, 2.75) is 32.3 Å². The van der Waals surface area contributed by atoms with Crippen molar-refractivity contribution in [3.05, 3.63) is 0 Å². The molecule has 1 fully saturated rings. The smallest absolute Gasteiger partial charge is 0.0671 e. The van der Waals surface area contributed by atoms with Gasteiger partial charge in [-0.15, -0.1) is 0 Å². The Hall–Kier alpha value is -0.0800. The first-order valence-electron chi connectivity index (χ1n) is 4.10. The first-order chi connectivity index (χ1) is 4.67. The number of nitrogens with one attached hydrogen (secondary N) is 1. The van der Waals surface area contributed by atoms with E-state index in [2.05, 4.69) is 12.2 Å². The van der Waals surface area contributed by atoms with Crippen molar-refractivity contribution in [3.8, 4) is 0 Å². The Bertz CT molecular complexity index is 112. The third-order valence-electron chi connectivity index (χ3n) is 2.57. The summed E-state index contributed by atoms with van der Waals surface area (Å²) in [6.07, 6.45) is 1.96. The molecular formula is C8H17NO. The van der Waals surface area contributed by atoms with Gasteiger partial charge in [0.25, 0.3) is 0 Å².